The van der Waals surface area contributed by atoms with Crippen LogP contribution in [0.5, 0.6) is 0 Å². The molecule has 28 heavy (non-hydrogen) atoms. The van der Waals surface area contributed by atoms with Gasteiger partial charge in [0.05, 0.1) is 6.33 Å². The second-order valence-electron chi connectivity index (χ2n) is 6.54. The van der Waals surface area contributed by atoms with E-state index in [1.54, 1.807) is 18.7 Å². The Labute approximate surface area is 167 Å². The largest absolute Gasteiger partial charge is 0.381 e. The lowest BCUT2D eigenvalue weighted by Crippen LogP contribution is -2.15. The molecule has 5 nitrogen and oxygen atoms in total. The molecule has 0 saturated heterocycles. The van der Waals surface area contributed by atoms with Crippen LogP contribution in [0.15, 0.2) is 84.3 Å². The first-order chi connectivity index (χ1) is 13.7. The SMILES string of the molecule is O=c1[nH]cc(-c2ccc(Cl)cc2)cc1CNc1ccc(Cn2ccnc2)cc1. The molecule has 4 rings (SSSR count). The molecule has 2 aromatic heterocycles. The molecule has 140 valence electrons. The van der Waals surface area contributed by atoms with Crippen molar-refractivity contribution in [2.75, 3.05) is 5.32 Å². The Bertz CT molecular complexity index is 1100. The number of benzene rings is 2. The van der Waals surface area contributed by atoms with Gasteiger partial charge in [0.25, 0.3) is 5.56 Å². The summed E-state index contributed by atoms with van der Waals surface area (Å²) in [4.78, 5) is 19.1. The van der Waals surface area contributed by atoms with E-state index in [1.807, 2.05) is 53.2 Å². The van der Waals surface area contributed by atoms with E-state index in [9.17, 15) is 4.79 Å². The standard InChI is InChI=1S/C22H19ClN4O/c23-20-5-3-17(4-6-20)18-11-19(22(28)26-12-18)13-25-21-7-1-16(2-8-21)14-27-10-9-24-15-27/h1-12,15,25H,13-14H2,(H,26,28). The summed E-state index contributed by atoms with van der Waals surface area (Å²) in [7, 11) is 0. The van der Waals surface area contributed by atoms with Gasteiger partial charge in [0.1, 0.15) is 0 Å². The van der Waals surface area contributed by atoms with Crippen LogP contribution in [-0.2, 0) is 13.1 Å². The smallest absolute Gasteiger partial charge is 0.252 e. The van der Waals surface area contributed by atoms with Gasteiger partial charge in [0.15, 0.2) is 0 Å². The van der Waals surface area contributed by atoms with Gasteiger partial charge in [-0.15, -0.1) is 0 Å². The highest BCUT2D eigenvalue weighted by molar-refractivity contribution is 6.30. The maximum atomic E-state index is 12.2. The summed E-state index contributed by atoms with van der Waals surface area (Å²) in [6.07, 6.45) is 7.23. The Morgan fingerprint density at radius 2 is 1.82 bits per heavy atom. The quantitative estimate of drug-likeness (QED) is 0.507. The minimum atomic E-state index is -0.0954. The minimum Gasteiger partial charge on any atom is -0.381 e. The highest BCUT2D eigenvalue weighted by atomic mass is 35.5. The molecular weight excluding hydrogens is 372 g/mol. The third kappa shape index (κ3) is 4.32. The third-order valence-electron chi connectivity index (χ3n) is 4.52. The molecule has 0 atom stereocenters. The number of aromatic amines is 1. The van der Waals surface area contributed by atoms with Crippen LogP contribution < -0.4 is 10.9 Å². The fourth-order valence-corrected chi connectivity index (χ4v) is 3.11. The molecule has 0 bridgehead atoms. The lowest BCUT2D eigenvalue weighted by molar-refractivity contribution is 0.797. The average Bonchev–Trinajstić information content (AvgIpc) is 3.22. The molecule has 0 aliphatic carbocycles. The van der Waals surface area contributed by atoms with Gasteiger partial charge in [-0.25, -0.2) is 4.98 Å². The predicted molar refractivity (Wildman–Crippen MR) is 113 cm³/mol. The van der Waals surface area contributed by atoms with Crippen LogP contribution in [0.2, 0.25) is 5.02 Å². The summed E-state index contributed by atoms with van der Waals surface area (Å²) in [6.45, 7) is 1.22. The normalized spacial score (nSPS) is 10.8. The number of rotatable bonds is 6. The van der Waals surface area contributed by atoms with Gasteiger partial charge in [-0.05, 0) is 47.0 Å². The summed E-state index contributed by atoms with van der Waals surface area (Å²) in [5.41, 5.74) is 4.68. The topological polar surface area (TPSA) is 62.7 Å². The van der Waals surface area contributed by atoms with E-state index in [1.165, 1.54) is 5.56 Å². The van der Waals surface area contributed by atoms with Gasteiger partial charge in [0.2, 0.25) is 0 Å². The Kier molecular flexibility index (Phi) is 5.26. The van der Waals surface area contributed by atoms with Crippen molar-refractivity contribution in [3.8, 4) is 11.1 Å². The van der Waals surface area contributed by atoms with Gasteiger partial charge in [0, 0.05) is 48.0 Å². The molecule has 0 spiro atoms. The van der Waals surface area contributed by atoms with Crippen LogP contribution in [0, 0.1) is 0 Å². The van der Waals surface area contributed by atoms with Crippen LogP contribution in [-0.4, -0.2) is 14.5 Å². The number of hydrogen-bond donors (Lipinski definition) is 2. The first-order valence-corrected chi connectivity index (χ1v) is 9.31. The third-order valence-corrected chi connectivity index (χ3v) is 4.77. The summed E-state index contributed by atoms with van der Waals surface area (Å²) in [5.74, 6) is 0. The van der Waals surface area contributed by atoms with Crippen LogP contribution in [0.25, 0.3) is 11.1 Å². The van der Waals surface area contributed by atoms with E-state index in [-0.39, 0.29) is 5.56 Å². The van der Waals surface area contributed by atoms with Crippen LogP contribution in [0.4, 0.5) is 5.69 Å². The number of imidazole rings is 1. The zero-order valence-corrected chi connectivity index (χ0v) is 15.9. The maximum Gasteiger partial charge on any atom is 0.252 e. The zero-order chi connectivity index (χ0) is 19.3. The molecule has 0 aliphatic heterocycles. The first kappa shape index (κ1) is 18.1. The van der Waals surface area contributed by atoms with Crippen LogP contribution in [0.3, 0.4) is 0 Å². The van der Waals surface area contributed by atoms with E-state index >= 15 is 0 Å². The van der Waals surface area contributed by atoms with Crippen molar-refractivity contribution >= 4 is 17.3 Å². The monoisotopic (exact) mass is 390 g/mol. The van der Waals surface area contributed by atoms with E-state index in [4.69, 9.17) is 11.6 Å². The van der Waals surface area contributed by atoms with Crippen LogP contribution in [0.1, 0.15) is 11.1 Å². The zero-order valence-electron chi connectivity index (χ0n) is 15.1. The van der Waals surface area contributed by atoms with Crippen molar-refractivity contribution in [3.63, 3.8) is 0 Å². The molecule has 0 aliphatic rings. The van der Waals surface area contributed by atoms with Crippen molar-refractivity contribution in [3.05, 3.63) is 106 Å². The van der Waals surface area contributed by atoms with E-state index < -0.39 is 0 Å². The second-order valence-corrected chi connectivity index (χ2v) is 6.97. The summed E-state index contributed by atoms with van der Waals surface area (Å²) < 4.78 is 2.02. The molecule has 0 saturated carbocycles. The molecule has 0 unspecified atom stereocenters. The number of nitrogens with zero attached hydrogens (tertiary/aromatic N) is 2. The van der Waals surface area contributed by atoms with Gasteiger partial charge in [-0.2, -0.15) is 0 Å². The van der Waals surface area contributed by atoms with Crippen molar-refractivity contribution in [2.45, 2.75) is 13.1 Å². The fourth-order valence-electron chi connectivity index (χ4n) is 2.99. The number of anilines is 1. The number of pyridine rings is 1. The second kappa shape index (κ2) is 8.15. The van der Waals surface area contributed by atoms with Crippen molar-refractivity contribution in [1.29, 1.82) is 0 Å². The van der Waals surface area contributed by atoms with Crippen molar-refractivity contribution in [2.24, 2.45) is 0 Å². The van der Waals surface area contributed by atoms with Gasteiger partial charge in [-0.1, -0.05) is 35.9 Å². The number of nitrogens with one attached hydrogen (secondary N) is 2. The Balaban J connectivity index is 1.45. The molecule has 2 heterocycles. The molecule has 4 aromatic rings. The number of hydrogen-bond acceptors (Lipinski definition) is 3. The van der Waals surface area contributed by atoms with Crippen molar-refractivity contribution in [1.82, 2.24) is 14.5 Å². The molecule has 6 heteroatoms. The average molecular weight is 391 g/mol. The Morgan fingerprint density at radius 1 is 1.04 bits per heavy atom. The van der Waals surface area contributed by atoms with E-state index in [0.717, 1.165) is 23.4 Å². The Morgan fingerprint density at radius 3 is 2.54 bits per heavy atom. The summed E-state index contributed by atoms with van der Waals surface area (Å²) >= 11 is 5.95. The van der Waals surface area contributed by atoms with Gasteiger partial charge in [-0.3, -0.25) is 4.79 Å². The minimum absolute atomic E-state index is 0.0954. The lowest BCUT2D eigenvalue weighted by Gasteiger charge is -2.09. The fraction of sp³-hybridized carbons (Fsp3) is 0.0909. The van der Waals surface area contributed by atoms with E-state index in [2.05, 4.69) is 27.4 Å². The molecule has 2 N–H and O–H groups in total. The maximum absolute atomic E-state index is 12.2. The molecule has 0 fully saturated rings. The molecule has 0 radical (unpaired) electrons. The first-order valence-electron chi connectivity index (χ1n) is 8.93. The highest BCUT2D eigenvalue weighted by Gasteiger charge is 2.05. The molecule has 0 amide bonds. The molecule has 2 aromatic carbocycles. The Hall–Kier alpha value is -3.31. The van der Waals surface area contributed by atoms with Crippen LogP contribution >= 0.6 is 11.6 Å². The predicted octanol–water partition coefficient (Wildman–Crippen LogP) is 4.55. The number of halogens is 1. The van der Waals surface area contributed by atoms with Gasteiger partial charge >= 0.3 is 0 Å². The number of H-pyrrole nitrogens is 1. The van der Waals surface area contributed by atoms with E-state index in [0.29, 0.717) is 17.1 Å². The lowest BCUT2D eigenvalue weighted by atomic mass is 10.1. The molecular formula is C22H19ClN4O. The summed E-state index contributed by atoms with van der Waals surface area (Å²) in [5, 5.41) is 4.00. The number of aromatic nitrogens is 3. The highest BCUT2D eigenvalue weighted by Crippen LogP contribution is 2.21. The van der Waals surface area contributed by atoms with Gasteiger partial charge < -0.3 is 14.9 Å². The summed E-state index contributed by atoms with van der Waals surface area (Å²) in [6, 6.07) is 17.6. The van der Waals surface area contributed by atoms with Crippen molar-refractivity contribution < 1.29 is 0 Å².